The number of benzene rings is 1. The minimum Gasteiger partial charge on any atom is -0.310 e. The average molecular weight is 263 g/mol. The summed E-state index contributed by atoms with van der Waals surface area (Å²) in [4.78, 5) is 1.40. The van der Waals surface area contributed by atoms with Crippen LogP contribution in [0.4, 0.5) is 4.39 Å². The van der Waals surface area contributed by atoms with E-state index in [-0.39, 0.29) is 5.82 Å². The molecule has 0 saturated carbocycles. The van der Waals surface area contributed by atoms with Crippen molar-refractivity contribution in [1.29, 1.82) is 0 Å². The summed E-state index contributed by atoms with van der Waals surface area (Å²) in [6, 6.07) is 11.4. The molecule has 2 aromatic rings. The number of thiophene rings is 1. The predicted molar refractivity (Wildman–Crippen MR) is 75.5 cm³/mol. The zero-order valence-electron chi connectivity index (χ0n) is 10.5. The zero-order valence-corrected chi connectivity index (χ0v) is 11.3. The molecule has 1 N–H and O–H groups in total. The molecule has 1 unspecified atom stereocenters. The van der Waals surface area contributed by atoms with E-state index in [9.17, 15) is 4.39 Å². The summed E-state index contributed by atoms with van der Waals surface area (Å²) in [6.45, 7) is 3.02. The van der Waals surface area contributed by atoms with E-state index in [0.29, 0.717) is 6.04 Å². The van der Waals surface area contributed by atoms with Gasteiger partial charge in [0.1, 0.15) is 5.82 Å². The summed E-state index contributed by atoms with van der Waals surface area (Å²) in [5, 5.41) is 5.57. The van der Waals surface area contributed by atoms with Crippen molar-refractivity contribution in [3.8, 4) is 0 Å². The van der Waals surface area contributed by atoms with Crippen molar-refractivity contribution in [2.45, 2.75) is 25.8 Å². The first-order valence-electron chi connectivity index (χ1n) is 6.31. The highest BCUT2D eigenvalue weighted by Crippen LogP contribution is 2.21. The number of rotatable bonds is 6. The van der Waals surface area contributed by atoms with Crippen LogP contribution in [0.2, 0.25) is 0 Å². The number of hydrogen-bond donors (Lipinski definition) is 1. The van der Waals surface area contributed by atoms with E-state index in [2.05, 4.69) is 29.8 Å². The molecule has 1 aromatic heterocycles. The van der Waals surface area contributed by atoms with E-state index in [1.54, 1.807) is 11.3 Å². The Kier molecular flexibility index (Phi) is 4.90. The lowest BCUT2D eigenvalue weighted by molar-refractivity contribution is 0.515. The lowest BCUT2D eigenvalue weighted by atomic mass is 10.0. The molecule has 0 radical (unpaired) electrons. The molecular formula is C15H18FNS. The maximum absolute atomic E-state index is 12.9. The number of aryl methyl sites for hydroxylation is 1. The molecule has 0 bridgehead atoms. The van der Waals surface area contributed by atoms with E-state index in [4.69, 9.17) is 0 Å². The van der Waals surface area contributed by atoms with Gasteiger partial charge in [-0.05, 0) is 48.5 Å². The highest BCUT2D eigenvalue weighted by atomic mass is 32.1. The molecular weight excluding hydrogens is 245 g/mol. The monoisotopic (exact) mass is 263 g/mol. The molecule has 0 spiro atoms. The Hall–Kier alpha value is -1.19. The first-order valence-corrected chi connectivity index (χ1v) is 7.18. The van der Waals surface area contributed by atoms with Gasteiger partial charge in [0.25, 0.3) is 0 Å². The molecule has 0 amide bonds. The summed E-state index contributed by atoms with van der Waals surface area (Å²) < 4.78 is 12.9. The molecule has 0 fully saturated rings. The van der Waals surface area contributed by atoms with Gasteiger partial charge in [0, 0.05) is 10.9 Å². The van der Waals surface area contributed by atoms with Crippen LogP contribution in [0.3, 0.4) is 0 Å². The summed E-state index contributed by atoms with van der Waals surface area (Å²) in [5.74, 6) is -0.174. The van der Waals surface area contributed by atoms with E-state index in [1.807, 2.05) is 12.1 Å². The molecule has 0 aliphatic heterocycles. The van der Waals surface area contributed by atoms with Gasteiger partial charge in [0.15, 0.2) is 0 Å². The molecule has 1 nitrogen and oxygen atoms in total. The van der Waals surface area contributed by atoms with Gasteiger partial charge < -0.3 is 5.32 Å². The quantitative estimate of drug-likeness (QED) is 0.824. The Morgan fingerprint density at radius 1 is 1.22 bits per heavy atom. The summed E-state index contributed by atoms with van der Waals surface area (Å²) in [7, 11) is 0. The van der Waals surface area contributed by atoms with Crippen LogP contribution in [0.1, 0.15) is 29.8 Å². The Morgan fingerprint density at radius 2 is 2.00 bits per heavy atom. The van der Waals surface area contributed by atoms with Crippen LogP contribution in [-0.4, -0.2) is 6.54 Å². The average Bonchev–Trinajstić information content (AvgIpc) is 2.89. The minimum atomic E-state index is -0.174. The van der Waals surface area contributed by atoms with Crippen LogP contribution in [0.5, 0.6) is 0 Å². The highest BCUT2D eigenvalue weighted by molar-refractivity contribution is 7.09. The summed E-state index contributed by atoms with van der Waals surface area (Å²) >= 11 is 1.79. The van der Waals surface area contributed by atoms with Gasteiger partial charge in [0.2, 0.25) is 0 Å². The second kappa shape index (κ2) is 6.66. The van der Waals surface area contributed by atoms with Gasteiger partial charge in [-0.1, -0.05) is 25.1 Å². The SMILES string of the molecule is CCNC(CCc1cccs1)c1ccc(F)cc1. The molecule has 18 heavy (non-hydrogen) atoms. The molecule has 3 heteroatoms. The van der Waals surface area contributed by atoms with E-state index >= 15 is 0 Å². The van der Waals surface area contributed by atoms with Crippen LogP contribution in [0, 0.1) is 5.82 Å². The van der Waals surface area contributed by atoms with Crippen molar-refractivity contribution >= 4 is 11.3 Å². The Morgan fingerprint density at radius 3 is 2.61 bits per heavy atom. The second-order valence-corrected chi connectivity index (χ2v) is 5.31. The van der Waals surface area contributed by atoms with Gasteiger partial charge in [-0.2, -0.15) is 0 Å². The second-order valence-electron chi connectivity index (χ2n) is 4.28. The maximum atomic E-state index is 12.9. The zero-order chi connectivity index (χ0) is 12.8. The molecule has 0 aliphatic carbocycles. The Labute approximate surface area is 112 Å². The fraction of sp³-hybridized carbons (Fsp3) is 0.333. The largest absolute Gasteiger partial charge is 0.310 e. The summed E-state index contributed by atoms with van der Waals surface area (Å²) in [6.07, 6.45) is 2.10. The molecule has 96 valence electrons. The lowest BCUT2D eigenvalue weighted by Gasteiger charge is -2.18. The Bertz CT molecular complexity index is 450. The van der Waals surface area contributed by atoms with Crippen LogP contribution in [-0.2, 0) is 6.42 Å². The molecule has 0 saturated heterocycles. The van der Waals surface area contributed by atoms with Gasteiger partial charge in [-0.25, -0.2) is 4.39 Å². The molecule has 2 rings (SSSR count). The van der Waals surface area contributed by atoms with Gasteiger partial charge in [-0.3, -0.25) is 0 Å². The van der Waals surface area contributed by atoms with Gasteiger partial charge >= 0.3 is 0 Å². The first-order chi connectivity index (χ1) is 8.79. The molecule has 1 atom stereocenters. The third kappa shape index (κ3) is 3.65. The van der Waals surface area contributed by atoms with Gasteiger partial charge in [-0.15, -0.1) is 11.3 Å². The third-order valence-corrected chi connectivity index (χ3v) is 3.92. The minimum absolute atomic E-state index is 0.174. The maximum Gasteiger partial charge on any atom is 0.123 e. The van der Waals surface area contributed by atoms with Crippen molar-refractivity contribution in [1.82, 2.24) is 5.32 Å². The third-order valence-electron chi connectivity index (χ3n) is 2.98. The van der Waals surface area contributed by atoms with Crippen LogP contribution in [0.25, 0.3) is 0 Å². The van der Waals surface area contributed by atoms with Crippen molar-refractivity contribution in [2.24, 2.45) is 0 Å². The van der Waals surface area contributed by atoms with Crippen LogP contribution < -0.4 is 5.32 Å². The van der Waals surface area contributed by atoms with E-state index in [1.165, 1.54) is 17.0 Å². The van der Waals surface area contributed by atoms with Crippen molar-refractivity contribution < 1.29 is 4.39 Å². The summed E-state index contributed by atoms with van der Waals surface area (Å²) in [5.41, 5.74) is 1.16. The first kappa shape index (κ1) is 13.2. The van der Waals surface area contributed by atoms with E-state index < -0.39 is 0 Å². The van der Waals surface area contributed by atoms with Crippen molar-refractivity contribution in [3.05, 3.63) is 58.0 Å². The van der Waals surface area contributed by atoms with Crippen molar-refractivity contribution in [3.63, 3.8) is 0 Å². The van der Waals surface area contributed by atoms with Gasteiger partial charge in [0.05, 0.1) is 0 Å². The number of halogens is 1. The topological polar surface area (TPSA) is 12.0 Å². The lowest BCUT2D eigenvalue weighted by Crippen LogP contribution is -2.21. The number of hydrogen-bond acceptors (Lipinski definition) is 2. The molecule has 0 aliphatic rings. The van der Waals surface area contributed by atoms with Crippen LogP contribution >= 0.6 is 11.3 Å². The standard InChI is InChI=1S/C15H18FNS/c1-2-17-15(10-9-14-4-3-11-18-14)12-5-7-13(16)8-6-12/h3-8,11,15,17H,2,9-10H2,1H3. The van der Waals surface area contributed by atoms with Crippen molar-refractivity contribution in [2.75, 3.05) is 6.54 Å². The van der Waals surface area contributed by atoms with E-state index in [0.717, 1.165) is 24.9 Å². The molecule has 1 heterocycles. The smallest absolute Gasteiger partial charge is 0.123 e. The fourth-order valence-electron chi connectivity index (χ4n) is 2.07. The Balaban J connectivity index is 2.01. The molecule has 1 aromatic carbocycles. The highest BCUT2D eigenvalue weighted by Gasteiger charge is 2.10. The normalized spacial score (nSPS) is 12.6. The number of nitrogens with one attached hydrogen (secondary N) is 1. The van der Waals surface area contributed by atoms with Crippen LogP contribution in [0.15, 0.2) is 41.8 Å². The predicted octanol–water partition coefficient (Wildman–Crippen LogP) is 4.17. The fourth-order valence-corrected chi connectivity index (χ4v) is 2.79.